The molecule has 2 amide bonds. The number of carbonyl (C=O) groups excluding carboxylic acids is 2. The van der Waals surface area contributed by atoms with E-state index in [2.05, 4.69) is 10.3 Å². The van der Waals surface area contributed by atoms with Crippen LogP contribution in [0.15, 0.2) is 47.5 Å². The second-order valence-corrected chi connectivity index (χ2v) is 7.82. The lowest BCUT2D eigenvalue weighted by Crippen LogP contribution is -2.30. The summed E-state index contributed by atoms with van der Waals surface area (Å²) in [6, 6.07) is 13.0. The first-order valence-corrected chi connectivity index (χ1v) is 9.79. The highest BCUT2D eigenvalue weighted by Gasteiger charge is 2.37. The van der Waals surface area contributed by atoms with Gasteiger partial charge >= 0.3 is 0 Å². The molecule has 2 aromatic carbocycles. The van der Waals surface area contributed by atoms with Crippen molar-refractivity contribution in [1.29, 1.82) is 0 Å². The van der Waals surface area contributed by atoms with Gasteiger partial charge in [0.2, 0.25) is 11.8 Å². The van der Waals surface area contributed by atoms with E-state index in [0.29, 0.717) is 16.6 Å². The van der Waals surface area contributed by atoms with Crippen LogP contribution >= 0.6 is 11.8 Å². The zero-order valence-corrected chi connectivity index (χ0v) is 17.2. The maximum atomic E-state index is 12.5. The van der Waals surface area contributed by atoms with Crippen molar-refractivity contribution in [2.45, 2.75) is 25.5 Å². The van der Waals surface area contributed by atoms with Gasteiger partial charge in [-0.05, 0) is 61.4 Å². The molecule has 28 heavy (non-hydrogen) atoms. The van der Waals surface area contributed by atoms with Gasteiger partial charge in [0.05, 0.1) is 12.8 Å². The van der Waals surface area contributed by atoms with Crippen LogP contribution in [-0.4, -0.2) is 41.3 Å². The highest BCUT2D eigenvalue weighted by atomic mass is 32.2. The van der Waals surface area contributed by atoms with Crippen LogP contribution in [0, 0.1) is 13.8 Å². The number of aryl methyl sites for hydroxylation is 2. The SMILES string of the molecule is COc1ccc(NC(=O)CC2SC(=Nc3ccc(C)c(C)c3)N(C)C2=O)cc1. The number of aliphatic imine (C=N–C) groups is 1. The Kier molecular flexibility index (Phi) is 6.04. The zero-order chi connectivity index (χ0) is 20.3. The summed E-state index contributed by atoms with van der Waals surface area (Å²) in [5.74, 6) is 0.391. The summed E-state index contributed by atoms with van der Waals surface area (Å²) >= 11 is 1.32. The highest BCUT2D eigenvalue weighted by Crippen LogP contribution is 2.31. The van der Waals surface area contributed by atoms with Gasteiger partial charge in [-0.25, -0.2) is 4.99 Å². The number of hydrogen-bond acceptors (Lipinski definition) is 5. The van der Waals surface area contributed by atoms with Crippen LogP contribution < -0.4 is 10.1 Å². The number of nitrogens with one attached hydrogen (secondary N) is 1. The number of amidine groups is 1. The summed E-state index contributed by atoms with van der Waals surface area (Å²) in [7, 11) is 3.28. The first-order chi connectivity index (χ1) is 13.4. The van der Waals surface area contributed by atoms with Crippen molar-refractivity contribution in [1.82, 2.24) is 4.90 Å². The fourth-order valence-corrected chi connectivity index (χ4v) is 3.91. The molecule has 1 heterocycles. The minimum absolute atomic E-state index is 0.0891. The Morgan fingerprint density at radius 1 is 1.18 bits per heavy atom. The molecule has 146 valence electrons. The van der Waals surface area contributed by atoms with E-state index in [0.717, 1.165) is 11.3 Å². The molecule has 1 aliphatic heterocycles. The predicted octanol–water partition coefficient (Wildman–Crippen LogP) is 3.90. The molecule has 1 atom stereocenters. The van der Waals surface area contributed by atoms with Gasteiger partial charge in [0.15, 0.2) is 5.17 Å². The smallest absolute Gasteiger partial charge is 0.242 e. The number of thioether (sulfide) groups is 1. The number of rotatable bonds is 5. The lowest BCUT2D eigenvalue weighted by Gasteiger charge is -2.10. The average Bonchev–Trinajstić information content (AvgIpc) is 2.93. The molecule has 0 aliphatic carbocycles. The van der Waals surface area contributed by atoms with Crippen LogP contribution in [0.25, 0.3) is 0 Å². The van der Waals surface area contributed by atoms with E-state index in [1.807, 2.05) is 32.0 Å². The Morgan fingerprint density at radius 2 is 1.89 bits per heavy atom. The topological polar surface area (TPSA) is 71.0 Å². The van der Waals surface area contributed by atoms with Gasteiger partial charge in [-0.2, -0.15) is 0 Å². The van der Waals surface area contributed by atoms with E-state index < -0.39 is 5.25 Å². The van der Waals surface area contributed by atoms with Crippen LogP contribution in [0.3, 0.4) is 0 Å². The summed E-state index contributed by atoms with van der Waals surface area (Å²) in [5.41, 5.74) is 3.81. The first kappa shape index (κ1) is 19.9. The molecule has 0 saturated carbocycles. The fourth-order valence-electron chi connectivity index (χ4n) is 2.76. The largest absolute Gasteiger partial charge is 0.497 e. The van der Waals surface area contributed by atoms with E-state index in [4.69, 9.17) is 4.74 Å². The fraction of sp³-hybridized carbons (Fsp3) is 0.286. The molecule has 7 heteroatoms. The maximum absolute atomic E-state index is 12.5. The Labute approximate surface area is 169 Å². The zero-order valence-electron chi connectivity index (χ0n) is 16.4. The minimum atomic E-state index is -0.478. The molecule has 3 rings (SSSR count). The molecule has 0 radical (unpaired) electrons. The first-order valence-electron chi connectivity index (χ1n) is 8.91. The quantitative estimate of drug-likeness (QED) is 0.831. The number of ether oxygens (including phenoxy) is 1. The summed E-state index contributed by atoms with van der Waals surface area (Å²) in [6.45, 7) is 4.08. The van der Waals surface area contributed by atoms with Gasteiger partial charge in [-0.3, -0.25) is 14.5 Å². The molecule has 0 bridgehead atoms. The van der Waals surface area contributed by atoms with Gasteiger partial charge in [0.25, 0.3) is 0 Å². The molecular weight excluding hydrogens is 374 g/mol. The minimum Gasteiger partial charge on any atom is -0.497 e. The van der Waals surface area contributed by atoms with Gasteiger partial charge in [-0.15, -0.1) is 0 Å². The Hall–Kier alpha value is -2.80. The summed E-state index contributed by atoms with van der Waals surface area (Å²) < 4.78 is 5.10. The van der Waals surface area contributed by atoms with E-state index >= 15 is 0 Å². The van der Waals surface area contributed by atoms with E-state index in [9.17, 15) is 9.59 Å². The van der Waals surface area contributed by atoms with Crippen LogP contribution in [0.2, 0.25) is 0 Å². The second-order valence-electron chi connectivity index (χ2n) is 6.65. The molecule has 0 spiro atoms. The van der Waals surface area contributed by atoms with Crippen molar-refractivity contribution in [2.75, 3.05) is 19.5 Å². The average molecular weight is 398 g/mol. The lowest BCUT2D eigenvalue weighted by molar-refractivity contribution is -0.127. The number of carbonyl (C=O) groups is 2. The number of hydrogen-bond donors (Lipinski definition) is 1. The monoisotopic (exact) mass is 397 g/mol. The van der Waals surface area contributed by atoms with Crippen molar-refractivity contribution in [3.8, 4) is 5.75 Å². The normalized spacial score (nSPS) is 17.9. The van der Waals surface area contributed by atoms with E-state index in [1.165, 1.54) is 22.2 Å². The number of benzene rings is 2. The van der Waals surface area contributed by atoms with Crippen LogP contribution in [-0.2, 0) is 9.59 Å². The molecular formula is C21H23N3O3S. The molecule has 0 aromatic heterocycles. The molecule has 1 saturated heterocycles. The van der Waals surface area contributed by atoms with Gasteiger partial charge < -0.3 is 10.1 Å². The maximum Gasteiger partial charge on any atom is 0.242 e. The van der Waals surface area contributed by atoms with Crippen molar-refractivity contribution in [3.63, 3.8) is 0 Å². The molecule has 1 unspecified atom stereocenters. The van der Waals surface area contributed by atoms with Gasteiger partial charge in [0, 0.05) is 19.2 Å². The van der Waals surface area contributed by atoms with Crippen molar-refractivity contribution >= 4 is 40.1 Å². The van der Waals surface area contributed by atoms with Gasteiger partial charge in [0.1, 0.15) is 11.0 Å². The highest BCUT2D eigenvalue weighted by molar-refractivity contribution is 8.15. The van der Waals surface area contributed by atoms with Crippen LogP contribution in [0.1, 0.15) is 17.5 Å². The van der Waals surface area contributed by atoms with E-state index in [-0.39, 0.29) is 18.2 Å². The number of amides is 2. The number of methoxy groups -OCH3 is 1. The summed E-state index contributed by atoms with van der Waals surface area (Å²) in [4.78, 5) is 31.0. The summed E-state index contributed by atoms with van der Waals surface area (Å²) in [6.07, 6.45) is 0.0891. The van der Waals surface area contributed by atoms with Crippen molar-refractivity contribution in [3.05, 3.63) is 53.6 Å². The number of anilines is 1. The molecule has 1 fully saturated rings. The molecule has 1 N–H and O–H groups in total. The summed E-state index contributed by atoms with van der Waals surface area (Å²) in [5, 5.41) is 2.94. The second kappa shape index (κ2) is 8.48. The van der Waals surface area contributed by atoms with Crippen molar-refractivity contribution in [2.24, 2.45) is 4.99 Å². The third-order valence-electron chi connectivity index (χ3n) is 4.60. The standard InChI is InChI=1S/C21H23N3O3S/c1-13-5-6-16(11-14(13)2)23-21-24(3)20(26)18(28-21)12-19(25)22-15-7-9-17(27-4)10-8-15/h5-11,18H,12H2,1-4H3,(H,22,25). The number of nitrogens with zero attached hydrogens (tertiary/aromatic N) is 2. The molecule has 2 aromatic rings. The Bertz CT molecular complexity index is 925. The van der Waals surface area contributed by atoms with Crippen molar-refractivity contribution < 1.29 is 14.3 Å². The van der Waals surface area contributed by atoms with Gasteiger partial charge in [-0.1, -0.05) is 17.8 Å². The van der Waals surface area contributed by atoms with E-state index in [1.54, 1.807) is 38.4 Å². The third kappa shape index (κ3) is 4.54. The molecule has 1 aliphatic rings. The predicted molar refractivity (Wildman–Crippen MR) is 113 cm³/mol. The Balaban J connectivity index is 1.66. The van der Waals surface area contributed by atoms with Crippen LogP contribution in [0.5, 0.6) is 5.75 Å². The third-order valence-corrected chi connectivity index (χ3v) is 5.83. The Morgan fingerprint density at radius 3 is 2.54 bits per heavy atom. The molecule has 6 nitrogen and oxygen atoms in total. The van der Waals surface area contributed by atoms with Crippen LogP contribution in [0.4, 0.5) is 11.4 Å². The lowest BCUT2D eigenvalue weighted by atomic mass is 10.1.